The molecule has 1 aliphatic rings. The van der Waals surface area contributed by atoms with Crippen LogP contribution in [0.4, 0.5) is 0 Å². The maximum Gasteiger partial charge on any atom is 0.231 e. The van der Waals surface area contributed by atoms with E-state index in [9.17, 15) is 4.79 Å². The van der Waals surface area contributed by atoms with Gasteiger partial charge in [0.2, 0.25) is 12.7 Å². The van der Waals surface area contributed by atoms with E-state index in [1.807, 2.05) is 24.3 Å². The molecule has 4 heteroatoms. The van der Waals surface area contributed by atoms with Gasteiger partial charge in [-0.2, -0.15) is 0 Å². The zero-order chi connectivity index (χ0) is 17.0. The number of unbranched alkanes of at least 4 members (excludes halogenated alkanes) is 6. The standard InChI is InChI=1S/C20H29NO3/c1-2-3-4-5-6-7-8-9-10-20(22)21-14-13-17-11-12-18-19(15-17)24-16-23-18/h2,11-12,15H,1,3-10,13-14,16H2,(H,21,22). The van der Waals surface area contributed by atoms with Gasteiger partial charge in [-0.1, -0.05) is 37.8 Å². The minimum Gasteiger partial charge on any atom is -0.454 e. The number of fused-ring (bicyclic) bond motifs is 1. The SMILES string of the molecule is C=CCCCCCCCCC(=O)NCCc1ccc2c(c1)OCO2. The maximum atomic E-state index is 11.8. The van der Waals surface area contributed by atoms with Crippen LogP contribution in [0, 0.1) is 0 Å². The highest BCUT2D eigenvalue weighted by Gasteiger charge is 2.13. The van der Waals surface area contributed by atoms with Crippen LogP contribution in [0.2, 0.25) is 0 Å². The Hall–Kier alpha value is -1.97. The smallest absolute Gasteiger partial charge is 0.231 e. The predicted octanol–water partition coefficient (Wildman–Crippen LogP) is 4.38. The Morgan fingerprint density at radius 1 is 1.08 bits per heavy atom. The maximum absolute atomic E-state index is 11.8. The van der Waals surface area contributed by atoms with Crippen LogP contribution in [0.3, 0.4) is 0 Å². The molecule has 1 aromatic rings. The fourth-order valence-corrected chi connectivity index (χ4v) is 2.81. The van der Waals surface area contributed by atoms with E-state index in [0.717, 1.165) is 42.7 Å². The van der Waals surface area contributed by atoms with Crippen molar-refractivity contribution >= 4 is 5.91 Å². The summed E-state index contributed by atoms with van der Waals surface area (Å²) in [5, 5.41) is 3.00. The molecule has 0 bridgehead atoms. The predicted molar refractivity (Wildman–Crippen MR) is 96.4 cm³/mol. The van der Waals surface area contributed by atoms with E-state index < -0.39 is 0 Å². The Balaban J connectivity index is 1.48. The van der Waals surface area contributed by atoms with Gasteiger partial charge < -0.3 is 14.8 Å². The van der Waals surface area contributed by atoms with Gasteiger partial charge in [0.1, 0.15) is 0 Å². The molecule has 1 N–H and O–H groups in total. The van der Waals surface area contributed by atoms with E-state index in [2.05, 4.69) is 11.9 Å². The second-order valence-corrected chi connectivity index (χ2v) is 6.24. The van der Waals surface area contributed by atoms with Crippen molar-refractivity contribution < 1.29 is 14.3 Å². The molecule has 0 spiro atoms. The molecule has 4 nitrogen and oxygen atoms in total. The minimum atomic E-state index is 0.155. The van der Waals surface area contributed by atoms with Gasteiger partial charge in [-0.3, -0.25) is 4.79 Å². The molecule has 24 heavy (non-hydrogen) atoms. The first-order valence-corrected chi connectivity index (χ1v) is 9.05. The van der Waals surface area contributed by atoms with Crippen LogP contribution in [0.15, 0.2) is 30.9 Å². The Morgan fingerprint density at radius 3 is 2.67 bits per heavy atom. The third-order valence-electron chi connectivity index (χ3n) is 4.23. The Bertz CT molecular complexity index is 528. The van der Waals surface area contributed by atoms with Crippen LogP contribution in [-0.2, 0) is 11.2 Å². The number of benzene rings is 1. The lowest BCUT2D eigenvalue weighted by atomic mass is 10.1. The number of rotatable bonds is 12. The molecule has 1 aromatic carbocycles. The number of carbonyl (C=O) groups is 1. The van der Waals surface area contributed by atoms with Crippen molar-refractivity contribution in [1.82, 2.24) is 5.32 Å². The zero-order valence-corrected chi connectivity index (χ0v) is 14.5. The highest BCUT2D eigenvalue weighted by atomic mass is 16.7. The summed E-state index contributed by atoms with van der Waals surface area (Å²) in [6.07, 6.45) is 11.7. The average Bonchev–Trinajstić information content (AvgIpc) is 3.05. The number of nitrogens with one attached hydrogen (secondary N) is 1. The van der Waals surface area contributed by atoms with E-state index >= 15 is 0 Å². The molecule has 0 saturated heterocycles. The lowest BCUT2D eigenvalue weighted by molar-refractivity contribution is -0.121. The van der Waals surface area contributed by atoms with Crippen molar-refractivity contribution in [3.05, 3.63) is 36.4 Å². The fraction of sp³-hybridized carbons (Fsp3) is 0.550. The van der Waals surface area contributed by atoms with Gasteiger partial charge in [0, 0.05) is 13.0 Å². The number of allylic oxidation sites excluding steroid dienone is 1. The third-order valence-corrected chi connectivity index (χ3v) is 4.23. The third kappa shape index (κ3) is 6.65. The second kappa shape index (κ2) is 10.7. The zero-order valence-electron chi connectivity index (χ0n) is 14.5. The summed E-state index contributed by atoms with van der Waals surface area (Å²) >= 11 is 0. The van der Waals surface area contributed by atoms with E-state index in [1.54, 1.807) is 0 Å². The van der Waals surface area contributed by atoms with Crippen LogP contribution in [0.25, 0.3) is 0 Å². The van der Waals surface area contributed by atoms with Crippen molar-refractivity contribution in [2.75, 3.05) is 13.3 Å². The largest absolute Gasteiger partial charge is 0.454 e. The first kappa shape index (κ1) is 18.4. The highest BCUT2D eigenvalue weighted by Crippen LogP contribution is 2.32. The molecule has 0 saturated carbocycles. The summed E-state index contributed by atoms with van der Waals surface area (Å²) in [7, 11) is 0. The Kier molecular flexibility index (Phi) is 8.22. The summed E-state index contributed by atoms with van der Waals surface area (Å²) in [5.74, 6) is 1.75. The summed E-state index contributed by atoms with van der Waals surface area (Å²) in [6.45, 7) is 4.69. The molecule has 0 atom stereocenters. The van der Waals surface area contributed by atoms with Gasteiger partial charge in [0.05, 0.1) is 0 Å². The van der Waals surface area contributed by atoms with E-state index in [1.165, 1.54) is 25.7 Å². The number of ether oxygens (including phenoxy) is 2. The van der Waals surface area contributed by atoms with E-state index in [4.69, 9.17) is 9.47 Å². The molecule has 1 amide bonds. The van der Waals surface area contributed by atoms with Crippen molar-refractivity contribution in [2.24, 2.45) is 0 Å². The fourth-order valence-electron chi connectivity index (χ4n) is 2.81. The summed E-state index contributed by atoms with van der Waals surface area (Å²) in [6, 6.07) is 5.93. The molecule has 0 fully saturated rings. The molecule has 132 valence electrons. The molecule has 1 heterocycles. The van der Waals surface area contributed by atoms with Gasteiger partial charge in [-0.25, -0.2) is 0 Å². The van der Waals surface area contributed by atoms with Crippen molar-refractivity contribution in [1.29, 1.82) is 0 Å². The molecule has 0 aliphatic carbocycles. The quantitative estimate of drug-likeness (QED) is 0.457. The lowest BCUT2D eigenvalue weighted by Gasteiger charge is -2.06. The van der Waals surface area contributed by atoms with Crippen LogP contribution in [0.1, 0.15) is 56.9 Å². The topological polar surface area (TPSA) is 47.6 Å². The first-order valence-electron chi connectivity index (χ1n) is 9.05. The Labute approximate surface area is 145 Å². The van der Waals surface area contributed by atoms with Gasteiger partial charge in [0.25, 0.3) is 0 Å². The summed E-state index contributed by atoms with van der Waals surface area (Å²) < 4.78 is 10.7. The molecule has 2 rings (SSSR count). The molecular weight excluding hydrogens is 302 g/mol. The van der Waals surface area contributed by atoms with Crippen LogP contribution in [0.5, 0.6) is 11.5 Å². The molecule has 0 aromatic heterocycles. The monoisotopic (exact) mass is 331 g/mol. The van der Waals surface area contributed by atoms with Gasteiger partial charge in [-0.05, 0) is 43.4 Å². The normalized spacial score (nSPS) is 12.2. The summed E-state index contributed by atoms with van der Waals surface area (Å²) in [5.41, 5.74) is 1.15. The summed E-state index contributed by atoms with van der Waals surface area (Å²) in [4.78, 5) is 11.8. The van der Waals surface area contributed by atoms with Gasteiger partial charge in [0.15, 0.2) is 11.5 Å². The Morgan fingerprint density at radius 2 is 1.83 bits per heavy atom. The molecule has 1 aliphatic heterocycles. The van der Waals surface area contributed by atoms with Crippen molar-refractivity contribution in [3.63, 3.8) is 0 Å². The minimum absolute atomic E-state index is 0.155. The van der Waals surface area contributed by atoms with Crippen molar-refractivity contribution in [3.8, 4) is 11.5 Å². The molecule has 0 unspecified atom stereocenters. The van der Waals surface area contributed by atoms with E-state index in [0.29, 0.717) is 19.8 Å². The average molecular weight is 331 g/mol. The van der Waals surface area contributed by atoms with Crippen LogP contribution < -0.4 is 14.8 Å². The van der Waals surface area contributed by atoms with Crippen LogP contribution in [-0.4, -0.2) is 19.2 Å². The number of hydrogen-bond acceptors (Lipinski definition) is 3. The molecular formula is C20H29NO3. The van der Waals surface area contributed by atoms with Crippen LogP contribution >= 0.6 is 0 Å². The van der Waals surface area contributed by atoms with E-state index in [-0.39, 0.29) is 5.91 Å². The number of amides is 1. The highest BCUT2D eigenvalue weighted by molar-refractivity contribution is 5.75. The molecule has 0 radical (unpaired) electrons. The van der Waals surface area contributed by atoms with Crippen molar-refractivity contribution in [2.45, 2.75) is 57.8 Å². The number of carbonyl (C=O) groups excluding carboxylic acids is 1. The first-order chi connectivity index (χ1) is 11.8. The second-order valence-electron chi connectivity index (χ2n) is 6.24. The number of hydrogen-bond donors (Lipinski definition) is 1. The van der Waals surface area contributed by atoms with Gasteiger partial charge in [-0.15, -0.1) is 6.58 Å². The lowest BCUT2D eigenvalue weighted by Crippen LogP contribution is -2.25. The van der Waals surface area contributed by atoms with Gasteiger partial charge >= 0.3 is 0 Å².